The van der Waals surface area contributed by atoms with Crippen LogP contribution >= 0.6 is 17.2 Å². The maximum atomic E-state index is 10.5. The molecule has 61 heavy (non-hydrogen) atoms. The van der Waals surface area contributed by atoms with E-state index in [1.807, 2.05) is 24.3 Å². The minimum Gasteiger partial charge on any atom is -0.508 e. The fourth-order valence-electron chi connectivity index (χ4n) is 8.02. The van der Waals surface area contributed by atoms with Crippen molar-refractivity contribution in [3.63, 3.8) is 0 Å². The molecular formula is C51H70O8P2. The van der Waals surface area contributed by atoms with Gasteiger partial charge in [-0.25, -0.2) is 0 Å². The molecule has 2 fully saturated rings. The maximum Gasteiger partial charge on any atom is 0.397 e. The van der Waals surface area contributed by atoms with Crippen LogP contribution in [-0.4, -0.2) is 36.6 Å². The second-order valence-corrected chi connectivity index (χ2v) is 23.9. The molecule has 2 saturated heterocycles. The first-order chi connectivity index (χ1) is 28.3. The molecule has 0 radical (unpaired) electrons. The van der Waals surface area contributed by atoms with E-state index in [4.69, 9.17) is 27.1 Å². The van der Waals surface area contributed by atoms with Gasteiger partial charge in [0.2, 0.25) is 0 Å². The van der Waals surface area contributed by atoms with Crippen molar-refractivity contribution in [2.45, 2.75) is 133 Å². The van der Waals surface area contributed by atoms with Crippen LogP contribution < -0.4 is 9.05 Å². The van der Waals surface area contributed by atoms with Crippen LogP contribution in [0.3, 0.4) is 0 Å². The van der Waals surface area contributed by atoms with Gasteiger partial charge in [0.1, 0.15) is 23.0 Å². The number of rotatable bonds is 8. The summed E-state index contributed by atoms with van der Waals surface area (Å²) in [5, 5.41) is 21.1. The van der Waals surface area contributed by atoms with E-state index in [0.29, 0.717) is 37.9 Å². The van der Waals surface area contributed by atoms with Crippen LogP contribution in [0.2, 0.25) is 0 Å². The average molecular weight is 873 g/mol. The van der Waals surface area contributed by atoms with Crippen molar-refractivity contribution in [1.29, 1.82) is 0 Å². The molecule has 0 unspecified atom stereocenters. The van der Waals surface area contributed by atoms with Gasteiger partial charge in [0.05, 0.1) is 31.8 Å². The standard InChI is InChI=1S/C51H70O8P2/c1-33(37-17-19-43(52)39(27-37)47(3,4)5)23-35-15-21-45(41(25-35)49(9,10)11)58-60-54-29-51(30-55-60)31-56-61(57-32-51)59-46-22-16-36(26-42(46)50(12,13)14)24-34(2)38-18-20-44(53)40(28-38)48(6,7)8/h15-22,25-26,52-53H,23-24,27-32H2,1-14H3. The van der Waals surface area contributed by atoms with E-state index in [2.05, 4.69) is 133 Å². The van der Waals surface area contributed by atoms with Crippen molar-refractivity contribution in [3.8, 4) is 11.5 Å². The molecule has 2 aliphatic carbocycles. The van der Waals surface area contributed by atoms with E-state index in [1.54, 1.807) is 0 Å². The smallest absolute Gasteiger partial charge is 0.397 e. The summed E-state index contributed by atoms with van der Waals surface area (Å²) in [4.78, 5) is 0. The van der Waals surface area contributed by atoms with Gasteiger partial charge in [-0.05, 0) is 119 Å². The minimum atomic E-state index is -1.62. The summed E-state index contributed by atoms with van der Waals surface area (Å²) >= 11 is 0. The Balaban J connectivity index is 1.05. The number of aliphatic hydroxyl groups excluding tert-OH is 2. The first-order valence-electron chi connectivity index (χ1n) is 21.6. The van der Waals surface area contributed by atoms with Crippen molar-refractivity contribution >= 4 is 17.2 Å². The number of hydrogen-bond donors (Lipinski definition) is 2. The zero-order valence-electron chi connectivity index (χ0n) is 39.2. The van der Waals surface area contributed by atoms with Gasteiger partial charge >= 0.3 is 17.2 Å². The predicted octanol–water partition coefficient (Wildman–Crippen LogP) is 14.6. The van der Waals surface area contributed by atoms with Crippen LogP contribution in [0.4, 0.5) is 0 Å². The Bertz CT molecular complexity index is 1990. The van der Waals surface area contributed by atoms with Crippen molar-refractivity contribution in [1.82, 2.24) is 0 Å². The van der Waals surface area contributed by atoms with E-state index in [0.717, 1.165) is 59.5 Å². The third-order valence-corrected chi connectivity index (χ3v) is 14.1. The number of aliphatic hydroxyl groups is 2. The first kappa shape index (κ1) is 47.3. The van der Waals surface area contributed by atoms with Crippen LogP contribution in [0.1, 0.15) is 132 Å². The lowest BCUT2D eigenvalue weighted by Gasteiger charge is -2.41. The molecule has 2 N–H and O–H groups in total. The fraction of sp³-hybridized carbons (Fsp3) is 0.529. The predicted molar refractivity (Wildman–Crippen MR) is 250 cm³/mol. The number of hydrogen-bond acceptors (Lipinski definition) is 8. The highest BCUT2D eigenvalue weighted by atomic mass is 31.2. The zero-order chi connectivity index (χ0) is 44.7. The average Bonchev–Trinajstić information content (AvgIpc) is 3.16. The van der Waals surface area contributed by atoms with Gasteiger partial charge < -0.3 is 37.4 Å². The SMILES string of the molecule is CC(Cc1ccc(OP2OCC3(CO2)COP(Oc2ccc(CC(C)=C4C=CC(O)=C(C(C)(C)C)C4)cc2C(C)(C)C)OC3)c(C(C)(C)C)c1)=C1C=CC(O)=C(C(C)(C)C)C1. The lowest BCUT2D eigenvalue weighted by atomic mass is 9.78. The van der Waals surface area contributed by atoms with Crippen LogP contribution in [-0.2, 0) is 41.8 Å². The van der Waals surface area contributed by atoms with Gasteiger partial charge in [-0.3, -0.25) is 0 Å². The molecule has 2 aromatic carbocycles. The monoisotopic (exact) mass is 872 g/mol. The Hall–Kier alpha value is -3.22. The van der Waals surface area contributed by atoms with Crippen molar-refractivity contribution in [2.24, 2.45) is 16.2 Å². The molecule has 0 saturated carbocycles. The first-order valence-corrected chi connectivity index (χ1v) is 23.8. The Morgan fingerprint density at radius 2 is 0.885 bits per heavy atom. The maximum absolute atomic E-state index is 10.5. The van der Waals surface area contributed by atoms with Gasteiger partial charge in [-0.15, -0.1) is 0 Å². The van der Waals surface area contributed by atoms with E-state index in [9.17, 15) is 10.2 Å². The molecule has 0 amide bonds. The van der Waals surface area contributed by atoms with E-state index in [1.165, 1.54) is 33.4 Å². The summed E-state index contributed by atoms with van der Waals surface area (Å²) in [6.45, 7) is 32.0. The number of benzene rings is 2. The minimum absolute atomic E-state index is 0.0996. The Morgan fingerprint density at radius 1 is 0.541 bits per heavy atom. The molecule has 4 aliphatic rings. The van der Waals surface area contributed by atoms with Gasteiger partial charge in [-0.1, -0.05) is 131 Å². The van der Waals surface area contributed by atoms with Gasteiger partial charge in [0, 0.05) is 11.1 Å². The molecule has 0 atom stereocenters. The van der Waals surface area contributed by atoms with Crippen LogP contribution in [0.5, 0.6) is 11.5 Å². The molecule has 8 nitrogen and oxygen atoms in total. The van der Waals surface area contributed by atoms with Gasteiger partial charge in [0.15, 0.2) is 0 Å². The normalized spacial score (nSPS) is 24.7. The van der Waals surface area contributed by atoms with Crippen LogP contribution in [0.25, 0.3) is 0 Å². The van der Waals surface area contributed by atoms with Crippen LogP contribution in [0.15, 0.2) is 106 Å². The summed E-state index contributed by atoms with van der Waals surface area (Å²) in [7, 11) is -3.23. The zero-order valence-corrected chi connectivity index (χ0v) is 41.0. The van der Waals surface area contributed by atoms with Crippen molar-refractivity contribution in [3.05, 3.63) is 128 Å². The number of allylic oxidation sites excluding steroid dienone is 10. The van der Waals surface area contributed by atoms with E-state index in [-0.39, 0.29) is 21.7 Å². The summed E-state index contributed by atoms with van der Waals surface area (Å²) in [6.07, 6.45) is 10.9. The third-order valence-electron chi connectivity index (χ3n) is 12.0. The lowest BCUT2D eigenvalue weighted by Crippen LogP contribution is -2.45. The van der Waals surface area contributed by atoms with E-state index >= 15 is 0 Å². The second-order valence-electron chi connectivity index (χ2n) is 21.6. The molecule has 2 heterocycles. The molecule has 1 spiro atoms. The van der Waals surface area contributed by atoms with E-state index < -0.39 is 22.6 Å². The molecular weight excluding hydrogens is 803 g/mol. The van der Waals surface area contributed by atoms with Crippen molar-refractivity contribution < 1.29 is 37.4 Å². The third kappa shape index (κ3) is 11.7. The fourth-order valence-corrected chi connectivity index (χ4v) is 10.5. The topological polar surface area (TPSA) is 95.8 Å². The molecule has 0 bridgehead atoms. The Morgan fingerprint density at radius 3 is 1.20 bits per heavy atom. The summed E-state index contributed by atoms with van der Waals surface area (Å²) < 4.78 is 38.0. The molecule has 6 rings (SSSR count). The molecule has 10 heteroatoms. The summed E-state index contributed by atoms with van der Waals surface area (Å²) in [6, 6.07) is 12.8. The highest BCUT2D eigenvalue weighted by molar-refractivity contribution is 7.42. The largest absolute Gasteiger partial charge is 0.508 e. The molecule has 332 valence electrons. The lowest BCUT2D eigenvalue weighted by molar-refractivity contribution is -0.0673. The molecule has 0 aromatic heterocycles. The quantitative estimate of drug-likeness (QED) is 0.253. The summed E-state index contributed by atoms with van der Waals surface area (Å²) in [5.41, 5.74) is 10.8. The highest BCUT2D eigenvalue weighted by Crippen LogP contribution is 2.54. The highest BCUT2D eigenvalue weighted by Gasteiger charge is 2.45. The van der Waals surface area contributed by atoms with Gasteiger partial charge in [-0.2, -0.15) is 0 Å². The Kier molecular flexibility index (Phi) is 14.0. The van der Waals surface area contributed by atoms with Crippen molar-refractivity contribution in [2.75, 3.05) is 26.4 Å². The van der Waals surface area contributed by atoms with Gasteiger partial charge in [0.25, 0.3) is 0 Å². The molecule has 2 aliphatic heterocycles. The van der Waals surface area contributed by atoms with Crippen LogP contribution in [0, 0.1) is 16.2 Å². The Labute approximate surface area is 368 Å². The molecule has 2 aromatic rings. The second kappa shape index (κ2) is 18.1. The summed E-state index contributed by atoms with van der Waals surface area (Å²) in [5.74, 6) is 2.31.